The van der Waals surface area contributed by atoms with Gasteiger partial charge in [0.2, 0.25) is 0 Å². The summed E-state index contributed by atoms with van der Waals surface area (Å²) in [6.07, 6.45) is 0. The Balaban J connectivity index is 1.95. The smallest absolute Gasteiger partial charge is 0.253 e. The van der Waals surface area contributed by atoms with Gasteiger partial charge in [-0.05, 0) is 18.2 Å². The Kier molecular flexibility index (Phi) is 1.52. The summed E-state index contributed by atoms with van der Waals surface area (Å²) in [6, 6.07) is 5.99. The van der Waals surface area contributed by atoms with E-state index in [0.29, 0.717) is 13.2 Å². The molecule has 1 aromatic carbocycles. The van der Waals surface area contributed by atoms with Crippen LogP contribution in [0.25, 0.3) is 0 Å². The van der Waals surface area contributed by atoms with Crippen molar-refractivity contribution in [2.24, 2.45) is 0 Å². The number of amides is 1. The number of morpholine rings is 1. The highest BCUT2D eigenvalue weighted by Crippen LogP contribution is 2.39. The highest BCUT2D eigenvalue weighted by molar-refractivity contribution is 6.01. The van der Waals surface area contributed by atoms with Gasteiger partial charge in [0.1, 0.15) is 6.61 Å². The van der Waals surface area contributed by atoms with E-state index in [1.165, 1.54) is 0 Å². The molecule has 0 radical (unpaired) electrons. The molecule has 0 atom stereocenters. The summed E-state index contributed by atoms with van der Waals surface area (Å²) >= 11 is 0. The number of hydrogen-bond acceptors (Lipinski definition) is 3. The van der Waals surface area contributed by atoms with Gasteiger partial charge < -0.3 is 15.0 Å². The lowest BCUT2D eigenvalue weighted by molar-refractivity contribution is -0.125. The summed E-state index contributed by atoms with van der Waals surface area (Å²) < 4.78 is 5.08. The highest BCUT2D eigenvalue weighted by atomic mass is 16.5. The number of anilines is 3. The first-order valence-electron chi connectivity index (χ1n) is 4.64. The Morgan fingerprint density at radius 1 is 1.43 bits per heavy atom. The van der Waals surface area contributed by atoms with Gasteiger partial charge in [-0.3, -0.25) is 4.79 Å². The fourth-order valence-corrected chi connectivity index (χ4v) is 1.80. The van der Waals surface area contributed by atoms with Crippen LogP contribution in [0.2, 0.25) is 0 Å². The van der Waals surface area contributed by atoms with Gasteiger partial charge in [0.05, 0.1) is 18.0 Å². The first-order valence-corrected chi connectivity index (χ1v) is 4.64. The van der Waals surface area contributed by atoms with E-state index in [9.17, 15) is 4.79 Å². The predicted octanol–water partition coefficient (Wildman–Crippen LogP) is 1.11. The summed E-state index contributed by atoms with van der Waals surface area (Å²) in [5.41, 5.74) is 3.12. The first kappa shape index (κ1) is 7.82. The monoisotopic (exact) mass is 190 g/mol. The fourth-order valence-electron chi connectivity index (χ4n) is 1.80. The molecule has 1 fully saturated rings. The highest BCUT2D eigenvalue weighted by Gasteiger charge is 2.24. The van der Waals surface area contributed by atoms with Gasteiger partial charge in [0.15, 0.2) is 0 Å². The Morgan fingerprint density at radius 2 is 2.29 bits per heavy atom. The van der Waals surface area contributed by atoms with Gasteiger partial charge in [0, 0.05) is 12.2 Å². The second-order valence-corrected chi connectivity index (χ2v) is 3.45. The lowest BCUT2D eigenvalue weighted by atomic mass is 10.1. The first-order chi connectivity index (χ1) is 6.84. The third-order valence-corrected chi connectivity index (χ3v) is 2.55. The molecule has 0 aromatic heterocycles. The number of ether oxygens (including phenoxy) is 1. The Morgan fingerprint density at radius 3 is 2.93 bits per heavy atom. The van der Waals surface area contributed by atoms with Crippen molar-refractivity contribution >= 4 is 23.0 Å². The van der Waals surface area contributed by atoms with E-state index in [2.05, 4.69) is 5.32 Å². The van der Waals surface area contributed by atoms with E-state index in [1.54, 1.807) is 4.90 Å². The molecule has 1 saturated heterocycles. The van der Waals surface area contributed by atoms with E-state index >= 15 is 0 Å². The van der Waals surface area contributed by atoms with Crippen LogP contribution in [0.5, 0.6) is 0 Å². The van der Waals surface area contributed by atoms with Crippen LogP contribution in [-0.2, 0) is 9.53 Å². The van der Waals surface area contributed by atoms with Crippen LogP contribution in [0.15, 0.2) is 18.2 Å². The summed E-state index contributed by atoms with van der Waals surface area (Å²) in [4.78, 5) is 13.3. The van der Waals surface area contributed by atoms with Crippen LogP contribution in [0, 0.1) is 0 Å². The third kappa shape index (κ3) is 1.01. The van der Waals surface area contributed by atoms with E-state index in [1.807, 2.05) is 18.2 Å². The van der Waals surface area contributed by atoms with Crippen LogP contribution < -0.4 is 10.2 Å². The predicted molar refractivity (Wildman–Crippen MR) is 52.9 cm³/mol. The van der Waals surface area contributed by atoms with Gasteiger partial charge in [-0.15, -0.1) is 0 Å². The number of rotatable bonds is 1. The maximum atomic E-state index is 11.5. The van der Waals surface area contributed by atoms with Crippen molar-refractivity contribution in [1.82, 2.24) is 0 Å². The minimum atomic E-state index is 0.0361. The number of hydrogen-bond donors (Lipinski definition) is 1. The Hall–Kier alpha value is -1.55. The quantitative estimate of drug-likeness (QED) is 0.732. The summed E-state index contributed by atoms with van der Waals surface area (Å²) in [5, 5.41) is 3.17. The zero-order chi connectivity index (χ0) is 9.54. The molecular weight excluding hydrogens is 180 g/mol. The minimum absolute atomic E-state index is 0.0361. The lowest BCUT2D eigenvalue weighted by Crippen LogP contribution is -2.42. The third-order valence-electron chi connectivity index (χ3n) is 2.55. The topological polar surface area (TPSA) is 41.6 Å². The summed E-state index contributed by atoms with van der Waals surface area (Å²) in [6.45, 7) is 1.46. The van der Waals surface area contributed by atoms with Gasteiger partial charge in [-0.1, -0.05) is 0 Å². The Labute approximate surface area is 81.5 Å². The van der Waals surface area contributed by atoms with E-state index in [0.717, 1.165) is 17.1 Å². The Bertz CT molecular complexity index is 399. The number of nitrogens with one attached hydrogen (secondary N) is 1. The molecule has 3 heterocycles. The molecule has 0 aliphatic carbocycles. The van der Waals surface area contributed by atoms with Crippen molar-refractivity contribution in [3.8, 4) is 0 Å². The van der Waals surface area contributed by atoms with Crippen molar-refractivity contribution in [3.63, 3.8) is 0 Å². The average Bonchev–Trinajstić information content (AvgIpc) is 2.17. The molecule has 0 spiro atoms. The zero-order valence-corrected chi connectivity index (χ0v) is 7.62. The van der Waals surface area contributed by atoms with Crippen molar-refractivity contribution in [1.29, 1.82) is 0 Å². The largest absolute Gasteiger partial charge is 0.370 e. The molecule has 3 aliphatic heterocycles. The van der Waals surface area contributed by atoms with Crippen LogP contribution in [0.1, 0.15) is 0 Å². The maximum Gasteiger partial charge on any atom is 0.253 e. The molecule has 4 rings (SSSR count). The standard InChI is InChI=1S/C10H10N2O2/c13-10-6-14-4-3-12(10)9-2-1-7-5-8(9)11-7/h1-2,5,11H,3-4,6H2. The van der Waals surface area contributed by atoms with Crippen molar-refractivity contribution < 1.29 is 9.53 Å². The second kappa shape index (κ2) is 2.72. The zero-order valence-electron chi connectivity index (χ0n) is 7.62. The second-order valence-electron chi connectivity index (χ2n) is 3.45. The maximum absolute atomic E-state index is 11.5. The molecule has 1 aromatic rings. The molecular formula is C10H10N2O2. The average molecular weight is 190 g/mol. The molecule has 4 nitrogen and oxygen atoms in total. The van der Waals surface area contributed by atoms with Gasteiger partial charge in [0.25, 0.3) is 5.91 Å². The molecule has 1 N–H and O–H groups in total. The van der Waals surface area contributed by atoms with Gasteiger partial charge in [-0.2, -0.15) is 0 Å². The normalized spacial score (nSPS) is 18.9. The van der Waals surface area contributed by atoms with Crippen molar-refractivity contribution in [2.45, 2.75) is 0 Å². The number of carbonyl (C=O) groups excluding carboxylic acids is 1. The molecule has 72 valence electrons. The van der Waals surface area contributed by atoms with Crippen molar-refractivity contribution in [3.05, 3.63) is 18.2 Å². The number of carbonyl (C=O) groups is 1. The van der Waals surface area contributed by atoms with Crippen LogP contribution in [0.3, 0.4) is 0 Å². The number of fused-ring (bicyclic) bond motifs is 2. The molecule has 0 unspecified atom stereocenters. The van der Waals surface area contributed by atoms with E-state index < -0.39 is 0 Å². The van der Waals surface area contributed by atoms with Gasteiger partial charge >= 0.3 is 0 Å². The minimum Gasteiger partial charge on any atom is -0.370 e. The lowest BCUT2D eigenvalue weighted by Gasteiger charge is -2.32. The molecule has 1 amide bonds. The molecule has 2 bridgehead atoms. The number of benzene rings is 1. The molecule has 4 heteroatoms. The molecule has 3 aliphatic rings. The summed E-state index contributed by atoms with van der Waals surface area (Å²) in [5.74, 6) is 0.0361. The van der Waals surface area contributed by atoms with Crippen LogP contribution in [-0.4, -0.2) is 25.7 Å². The van der Waals surface area contributed by atoms with Crippen LogP contribution >= 0.6 is 0 Å². The SMILES string of the molecule is O=C1COCCN1c1ccc2cc1N2. The van der Waals surface area contributed by atoms with E-state index in [-0.39, 0.29) is 12.5 Å². The van der Waals surface area contributed by atoms with Gasteiger partial charge in [-0.25, -0.2) is 0 Å². The fraction of sp³-hybridized carbons (Fsp3) is 0.300. The molecule has 0 saturated carbocycles. The molecule has 14 heavy (non-hydrogen) atoms. The van der Waals surface area contributed by atoms with Crippen LogP contribution in [0.4, 0.5) is 17.1 Å². The summed E-state index contributed by atoms with van der Waals surface area (Å²) in [7, 11) is 0. The van der Waals surface area contributed by atoms with E-state index in [4.69, 9.17) is 4.74 Å². The number of nitrogens with zero attached hydrogens (tertiary/aromatic N) is 1. The van der Waals surface area contributed by atoms with Crippen molar-refractivity contribution in [2.75, 3.05) is 30.0 Å².